The summed E-state index contributed by atoms with van der Waals surface area (Å²) in [4.78, 5) is 8.60. The first-order valence-electron chi connectivity index (χ1n) is 8.77. The van der Waals surface area contributed by atoms with Crippen LogP contribution in [0.15, 0.2) is 42.7 Å². The number of aromatic nitrogens is 2. The zero-order valence-electron chi connectivity index (χ0n) is 15.2. The highest BCUT2D eigenvalue weighted by Gasteiger charge is 2.12. The van der Waals surface area contributed by atoms with E-state index in [0.29, 0.717) is 34.9 Å². The second-order valence-corrected chi connectivity index (χ2v) is 7.48. The van der Waals surface area contributed by atoms with E-state index in [-0.39, 0.29) is 5.82 Å². The number of fused-ring (bicyclic) bond motifs is 1. The topological polar surface area (TPSA) is 35.0 Å². The van der Waals surface area contributed by atoms with Gasteiger partial charge in [-0.05, 0) is 48.1 Å². The van der Waals surface area contributed by atoms with Crippen molar-refractivity contribution in [3.8, 4) is 17.0 Å². The van der Waals surface area contributed by atoms with Gasteiger partial charge in [-0.2, -0.15) is 0 Å². The van der Waals surface area contributed by atoms with Crippen LogP contribution in [0.5, 0.6) is 5.88 Å². The quantitative estimate of drug-likeness (QED) is 0.520. The molecule has 0 fully saturated rings. The highest BCUT2D eigenvalue weighted by molar-refractivity contribution is 6.32. The molecule has 0 aliphatic rings. The van der Waals surface area contributed by atoms with Crippen molar-refractivity contribution in [2.75, 3.05) is 6.61 Å². The van der Waals surface area contributed by atoms with Crippen molar-refractivity contribution in [2.45, 2.75) is 27.2 Å². The lowest BCUT2D eigenvalue weighted by Gasteiger charge is -2.15. The van der Waals surface area contributed by atoms with Crippen LogP contribution in [0.4, 0.5) is 4.39 Å². The van der Waals surface area contributed by atoms with E-state index >= 15 is 0 Å². The van der Waals surface area contributed by atoms with Gasteiger partial charge in [0, 0.05) is 29.4 Å². The molecule has 0 N–H and O–H groups in total. The Morgan fingerprint density at radius 2 is 1.92 bits per heavy atom. The van der Waals surface area contributed by atoms with E-state index < -0.39 is 0 Å². The van der Waals surface area contributed by atoms with E-state index in [9.17, 15) is 4.39 Å². The Morgan fingerprint density at radius 3 is 2.65 bits per heavy atom. The predicted molar refractivity (Wildman–Crippen MR) is 104 cm³/mol. The molecule has 2 heterocycles. The fourth-order valence-electron chi connectivity index (χ4n) is 3.15. The number of pyridine rings is 2. The van der Waals surface area contributed by atoms with Gasteiger partial charge in [0.15, 0.2) is 0 Å². The molecular weight excluding hydrogens is 351 g/mol. The maximum atomic E-state index is 13.4. The van der Waals surface area contributed by atoms with E-state index in [0.717, 1.165) is 22.9 Å². The molecule has 0 saturated heterocycles. The molecule has 0 bridgehead atoms. The minimum atomic E-state index is -0.308. The van der Waals surface area contributed by atoms with E-state index in [1.165, 1.54) is 12.1 Å². The number of ether oxygens (including phenoxy) is 1. The lowest BCUT2D eigenvalue weighted by molar-refractivity contribution is 0.231. The summed E-state index contributed by atoms with van der Waals surface area (Å²) in [6.45, 7) is 7.13. The first-order chi connectivity index (χ1) is 12.4. The molecule has 0 spiro atoms. The molecule has 1 atom stereocenters. The second-order valence-electron chi connectivity index (χ2n) is 7.08. The Balaban J connectivity index is 1.84. The first-order valence-corrected chi connectivity index (χ1v) is 9.15. The minimum absolute atomic E-state index is 0.308. The number of halogens is 2. The van der Waals surface area contributed by atoms with Gasteiger partial charge in [0.1, 0.15) is 10.8 Å². The Bertz CT molecular complexity index is 914. The SMILES string of the molecule is CC(C)CC(C)COc1ncc(-c2ccnc3cc(F)ccc23)cc1Cl. The van der Waals surface area contributed by atoms with Gasteiger partial charge >= 0.3 is 0 Å². The number of nitrogens with zero attached hydrogens (tertiary/aromatic N) is 2. The fourth-order valence-corrected chi connectivity index (χ4v) is 3.37. The van der Waals surface area contributed by atoms with E-state index in [2.05, 4.69) is 30.7 Å². The standard InChI is InChI=1S/C21H22ClFN2O/c1-13(2)8-14(3)12-26-21-19(22)9-15(11-25-21)17-6-7-24-20-10-16(23)4-5-18(17)20/h4-7,9-11,13-14H,8,12H2,1-3H3. The summed E-state index contributed by atoms with van der Waals surface area (Å²) in [5.74, 6) is 1.20. The van der Waals surface area contributed by atoms with Gasteiger partial charge in [0.25, 0.3) is 0 Å². The van der Waals surface area contributed by atoms with Crippen molar-refractivity contribution in [3.05, 3.63) is 53.6 Å². The summed E-state index contributed by atoms with van der Waals surface area (Å²) in [5, 5.41) is 1.32. The van der Waals surface area contributed by atoms with Gasteiger partial charge in [-0.25, -0.2) is 9.37 Å². The Kier molecular flexibility index (Phi) is 5.72. The molecule has 0 amide bonds. The number of hydrogen-bond donors (Lipinski definition) is 0. The Labute approximate surface area is 158 Å². The molecule has 5 heteroatoms. The van der Waals surface area contributed by atoms with Crippen molar-refractivity contribution in [1.29, 1.82) is 0 Å². The summed E-state index contributed by atoms with van der Waals surface area (Å²) in [6.07, 6.45) is 4.48. The van der Waals surface area contributed by atoms with Gasteiger partial charge in [0.2, 0.25) is 5.88 Å². The lowest BCUT2D eigenvalue weighted by Crippen LogP contribution is -2.11. The summed E-state index contributed by atoms with van der Waals surface area (Å²) in [5.41, 5.74) is 2.35. The zero-order valence-corrected chi connectivity index (χ0v) is 15.9. The summed E-state index contributed by atoms with van der Waals surface area (Å²) < 4.78 is 19.2. The Morgan fingerprint density at radius 1 is 1.12 bits per heavy atom. The number of hydrogen-bond acceptors (Lipinski definition) is 3. The van der Waals surface area contributed by atoms with Crippen molar-refractivity contribution in [3.63, 3.8) is 0 Å². The molecular formula is C21H22ClFN2O. The molecule has 0 radical (unpaired) electrons. The smallest absolute Gasteiger partial charge is 0.232 e. The maximum Gasteiger partial charge on any atom is 0.232 e. The highest BCUT2D eigenvalue weighted by Crippen LogP contribution is 2.32. The molecule has 26 heavy (non-hydrogen) atoms. The largest absolute Gasteiger partial charge is 0.476 e. The molecule has 0 saturated carbocycles. The summed E-state index contributed by atoms with van der Waals surface area (Å²) in [7, 11) is 0. The second kappa shape index (κ2) is 8.00. The van der Waals surface area contributed by atoms with Crippen LogP contribution in [0.25, 0.3) is 22.0 Å². The van der Waals surface area contributed by atoms with Crippen molar-refractivity contribution in [2.24, 2.45) is 11.8 Å². The lowest BCUT2D eigenvalue weighted by atomic mass is 10.00. The molecule has 0 aliphatic carbocycles. The van der Waals surface area contributed by atoms with E-state index in [1.54, 1.807) is 18.5 Å². The van der Waals surface area contributed by atoms with E-state index in [1.807, 2.05) is 12.1 Å². The monoisotopic (exact) mass is 372 g/mol. The number of rotatable bonds is 6. The summed E-state index contributed by atoms with van der Waals surface area (Å²) in [6, 6.07) is 8.27. The third-order valence-electron chi connectivity index (χ3n) is 4.20. The summed E-state index contributed by atoms with van der Waals surface area (Å²) >= 11 is 6.38. The van der Waals surface area contributed by atoms with Gasteiger partial charge in [-0.1, -0.05) is 32.4 Å². The third kappa shape index (κ3) is 4.31. The van der Waals surface area contributed by atoms with Crippen LogP contribution in [-0.4, -0.2) is 16.6 Å². The molecule has 2 aromatic heterocycles. The third-order valence-corrected chi connectivity index (χ3v) is 4.47. The number of benzene rings is 1. The highest BCUT2D eigenvalue weighted by atomic mass is 35.5. The van der Waals surface area contributed by atoms with Crippen molar-refractivity contribution >= 4 is 22.5 Å². The molecule has 3 rings (SSSR count). The van der Waals surface area contributed by atoms with Crippen molar-refractivity contribution < 1.29 is 9.13 Å². The molecule has 3 aromatic rings. The zero-order chi connectivity index (χ0) is 18.7. The molecule has 0 aliphatic heterocycles. The maximum absolute atomic E-state index is 13.4. The van der Waals surface area contributed by atoms with Crippen LogP contribution in [0.2, 0.25) is 5.02 Å². The van der Waals surface area contributed by atoms with Gasteiger partial charge in [0.05, 0.1) is 12.1 Å². The average Bonchev–Trinajstić information content (AvgIpc) is 2.59. The van der Waals surface area contributed by atoms with Crippen LogP contribution < -0.4 is 4.74 Å². The fraction of sp³-hybridized carbons (Fsp3) is 0.333. The molecule has 1 unspecified atom stereocenters. The molecule has 136 valence electrons. The molecule has 1 aromatic carbocycles. The van der Waals surface area contributed by atoms with Gasteiger partial charge in [-0.3, -0.25) is 4.98 Å². The molecule has 3 nitrogen and oxygen atoms in total. The van der Waals surface area contributed by atoms with E-state index in [4.69, 9.17) is 16.3 Å². The Hall–Kier alpha value is -2.20. The van der Waals surface area contributed by atoms with Crippen LogP contribution in [-0.2, 0) is 0 Å². The van der Waals surface area contributed by atoms with Crippen LogP contribution in [0.1, 0.15) is 27.2 Å². The van der Waals surface area contributed by atoms with Gasteiger partial charge in [-0.15, -0.1) is 0 Å². The normalized spacial score (nSPS) is 12.5. The minimum Gasteiger partial charge on any atom is -0.476 e. The first kappa shape index (κ1) is 18.6. The van der Waals surface area contributed by atoms with Gasteiger partial charge < -0.3 is 4.74 Å². The predicted octanol–water partition coefficient (Wildman–Crippen LogP) is 6.15. The van der Waals surface area contributed by atoms with Crippen LogP contribution in [0, 0.1) is 17.7 Å². The van der Waals surface area contributed by atoms with Crippen LogP contribution in [0.3, 0.4) is 0 Å². The van der Waals surface area contributed by atoms with Crippen molar-refractivity contribution in [1.82, 2.24) is 9.97 Å². The van der Waals surface area contributed by atoms with Crippen LogP contribution >= 0.6 is 11.6 Å². The average molecular weight is 373 g/mol.